The van der Waals surface area contributed by atoms with E-state index in [2.05, 4.69) is 5.32 Å². The number of hydrogen-bond donors (Lipinski definition) is 2. The molecule has 122 valence electrons. The van der Waals surface area contributed by atoms with Crippen LogP contribution in [0.15, 0.2) is 35.7 Å². The second kappa shape index (κ2) is 8.45. The minimum Gasteiger partial charge on any atom is -0.387 e. The molecule has 0 saturated heterocycles. The van der Waals surface area contributed by atoms with E-state index in [-0.39, 0.29) is 31.1 Å². The predicted octanol–water partition coefficient (Wildman–Crippen LogP) is 3.87. The monoisotopic (exact) mass is 371 g/mol. The summed E-state index contributed by atoms with van der Waals surface area (Å²) in [6.07, 6.45) is -0.709. The number of amides is 1. The highest BCUT2D eigenvalue weighted by Crippen LogP contribution is 2.25. The van der Waals surface area contributed by atoms with Crippen LogP contribution in [0.3, 0.4) is 0 Å². The van der Waals surface area contributed by atoms with Gasteiger partial charge < -0.3 is 10.4 Å². The molecule has 2 rings (SSSR count). The average molecular weight is 372 g/mol. The van der Waals surface area contributed by atoms with Crippen LogP contribution in [0.25, 0.3) is 0 Å². The zero-order chi connectivity index (χ0) is 16.8. The Balaban J connectivity index is 1.78. The molecule has 1 aromatic heterocycles. The molecule has 0 aliphatic heterocycles. The maximum absolute atomic E-state index is 11.8. The molecule has 1 heterocycles. The zero-order valence-electron chi connectivity index (χ0n) is 12.1. The number of thiophene rings is 1. The number of Topliss-reactive ketones (excluding diaryl/α,β-unsaturated/α-hetero) is 1. The van der Waals surface area contributed by atoms with Gasteiger partial charge in [-0.3, -0.25) is 9.59 Å². The fourth-order valence-electron chi connectivity index (χ4n) is 1.97. The van der Waals surface area contributed by atoms with E-state index < -0.39 is 6.10 Å². The van der Waals surface area contributed by atoms with Crippen LogP contribution in [0.4, 0.5) is 0 Å². The molecule has 2 N–H and O–H groups in total. The highest BCUT2D eigenvalue weighted by atomic mass is 35.5. The lowest BCUT2D eigenvalue weighted by molar-refractivity contribution is -0.121. The van der Waals surface area contributed by atoms with E-state index in [1.165, 1.54) is 17.4 Å². The van der Waals surface area contributed by atoms with E-state index in [4.69, 9.17) is 23.2 Å². The van der Waals surface area contributed by atoms with Gasteiger partial charge in [-0.05, 0) is 23.6 Å². The summed E-state index contributed by atoms with van der Waals surface area (Å²) in [5, 5.41) is 15.3. The Morgan fingerprint density at radius 3 is 2.65 bits per heavy atom. The minimum absolute atomic E-state index is 0.0212. The van der Waals surface area contributed by atoms with Crippen LogP contribution in [0.1, 0.15) is 34.2 Å². The highest BCUT2D eigenvalue weighted by molar-refractivity contribution is 7.12. The van der Waals surface area contributed by atoms with Gasteiger partial charge in [-0.2, -0.15) is 0 Å². The van der Waals surface area contributed by atoms with E-state index in [1.54, 1.807) is 24.3 Å². The number of halogens is 2. The van der Waals surface area contributed by atoms with Gasteiger partial charge in [-0.15, -0.1) is 11.3 Å². The van der Waals surface area contributed by atoms with Crippen LogP contribution < -0.4 is 5.32 Å². The molecule has 0 spiro atoms. The molecule has 0 saturated carbocycles. The molecule has 0 bridgehead atoms. The van der Waals surface area contributed by atoms with Gasteiger partial charge in [0.15, 0.2) is 5.78 Å². The molecule has 0 fully saturated rings. The normalized spacial score (nSPS) is 12.0. The third kappa shape index (κ3) is 5.32. The molecule has 2 aromatic rings. The van der Waals surface area contributed by atoms with E-state index >= 15 is 0 Å². The van der Waals surface area contributed by atoms with Crippen LogP contribution in [0.2, 0.25) is 10.0 Å². The lowest BCUT2D eigenvalue weighted by Crippen LogP contribution is -2.28. The Hall–Kier alpha value is -1.40. The van der Waals surface area contributed by atoms with Crippen LogP contribution in [-0.4, -0.2) is 23.3 Å². The van der Waals surface area contributed by atoms with Crippen LogP contribution in [0, 0.1) is 0 Å². The molecule has 0 radical (unpaired) electrons. The second-order valence-electron chi connectivity index (χ2n) is 4.89. The third-order valence-corrected chi connectivity index (χ3v) is 4.66. The number of carbonyl (C=O) groups excluding carboxylic acids is 2. The summed E-state index contributed by atoms with van der Waals surface area (Å²) in [7, 11) is 0. The number of rotatable bonds is 7. The topological polar surface area (TPSA) is 66.4 Å². The standard InChI is InChI=1S/C16H15Cl2NO3S/c17-10-3-4-11(12(18)8-10)14(21)9-19-16(22)6-5-13(20)15-2-1-7-23-15/h1-4,7-8,14,21H,5-6,9H2,(H,19,22). The molecular formula is C16H15Cl2NO3S. The number of carbonyl (C=O) groups is 2. The van der Waals surface area contributed by atoms with E-state index in [9.17, 15) is 14.7 Å². The summed E-state index contributed by atoms with van der Waals surface area (Å²) >= 11 is 13.1. The van der Waals surface area contributed by atoms with Crippen molar-refractivity contribution in [2.45, 2.75) is 18.9 Å². The maximum Gasteiger partial charge on any atom is 0.220 e. The highest BCUT2D eigenvalue weighted by Gasteiger charge is 2.14. The number of nitrogens with one attached hydrogen (secondary N) is 1. The summed E-state index contributed by atoms with van der Waals surface area (Å²) in [5.74, 6) is -0.351. The quantitative estimate of drug-likeness (QED) is 0.726. The van der Waals surface area contributed by atoms with Crippen molar-refractivity contribution in [1.82, 2.24) is 5.32 Å². The fraction of sp³-hybridized carbons (Fsp3) is 0.250. The number of aliphatic hydroxyl groups excluding tert-OH is 1. The van der Waals surface area contributed by atoms with Crippen molar-refractivity contribution >= 4 is 46.2 Å². The number of ketones is 1. The SMILES string of the molecule is O=C(CCC(=O)c1cccs1)NCC(O)c1ccc(Cl)cc1Cl. The Kier molecular flexibility index (Phi) is 6.59. The Morgan fingerprint density at radius 1 is 1.22 bits per heavy atom. The smallest absolute Gasteiger partial charge is 0.220 e. The minimum atomic E-state index is -0.934. The van der Waals surface area contributed by atoms with Gasteiger partial charge in [0.05, 0.1) is 11.0 Å². The summed E-state index contributed by atoms with van der Waals surface area (Å²) in [6.45, 7) is 0.0212. The third-order valence-electron chi connectivity index (χ3n) is 3.19. The second-order valence-corrected chi connectivity index (χ2v) is 6.68. The molecule has 7 heteroatoms. The molecule has 1 atom stereocenters. The lowest BCUT2D eigenvalue weighted by Gasteiger charge is -2.14. The molecule has 1 aromatic carbocycles. The Morgan fingerprint density at radius 2 is 2.00 bits per heavy atom. The van der Waals surface area contributed by atoms with Gasteiger partial charge in [0.1, 0.15) is 0 Å². The molecule has 1 amide bonds. The summed E-state index contributed by atoms with van der Waals surface area (Å²) in [5.41, 5.74) is 0.492. The van der Waals surface area contributed by atoms with Gasteiger partial charge in [0.25, 0.3) is 0 Å². The summed E-state index contributed by atoms with van der Waals surface area (Å²) in [4.78, 5) is 24.2. The first-order valence-electron chi connectivity index (χ1n) is 6.94. The molecule has 1 unspecified atom stereocenters. The van der Waals surface area contributed by atoms with Gasteiger partial charge in [-0.1, -0.05) is 35.3 Å². The lowest BCUT2D eigenvalue weighted by atomic mass is 10.1. The van der Waals surface area contributed by atoms with Crippen molar-refractivity contribution in [2.24, 2.45) is 0 Å². The molecular weight excluding hydrogens is 357 g/mol. The van der Waals surface area contributed by atoms with Crippen molar-refractivity contribution in [3.8, 4) is 0 Å². The predicted molar refractivity (Wildman–Crippen MR) is 92.3 cm³/mol. The maximum atomic E-state index is 11.8. The van der Waals surface area contributed by atoms with Crippen LogP contribution >= 0.6 is 34.5 Å². The zero-order valence-corrected chi connectivity index (χ0v) is 14.4. The van der Waals surface area contributed by atoms with Crippen molar-refractivity contribution in [2.75, 3.05) is 6.54 Å². The summed E-state index contributed by atoms with van der Waals surface area (Å²) < 4.78 is 0. The Bertz CT molecular complexity index is 689. The summed E-state index contributed by atoms with van der Waals surface area (Å²) in [6, 6.07) is 8.29. The largest absolute Gasteiger partial charge is 0.387 e. The number of aliphatic hydroxyl groups is 1. The molecule has 4 nitrogen and oxygen atoms in total. The molecule has 0 aliphatic carbocycles. The van der Waals surface area contributed by atoms with Gasteiger partial charge in [0, 0.05) is 35.0 Å². The first-order chi connectivity index (χ1) is 11.0. The average Bonchev–Trinajstić information content (AvgIpc) is 3.04. The van der Waals surface area contributed by atoms with Gasteiger partial charge in [-0.25, -0.2) is 0 Å². The first-order valence-corrected chi connectivity index (χ1v) is 8.57. The molecule has 0 aliphatic rings. The van der Waals surface area contributed by atoms with Crippen molar-refractivity contribution in [1.29, 1.82) is 0 Å². The van der Waals surface area contributed by atoms with Crippen molar-refractivity contribution < 1.29 is 14.7 Å². The van der Waals surface area contributed by atoms with Crippen LogP contribution in [0.5, 0.6) is 0 Å². The first kappa shape index (κ1) is 17.9. The van der Waals surface area contributed by atoms with E-state index in [0.29, 0.717) is 20.5 Å². The fourth-order valence-corrected chi connectivity index (χ4v) is 3.20. The van der Waals surface area contributed by atoms with E-state index in [0.717, 1.165) is 0 Å². The van der Waals surface area contributed by atoms with Crippen molar-refractivity contribution in [3.05, 3.63) is 56.2 Å². The van der Waals surface area contributed by atoms with Crippen molar-refractivity contribution in [3.63, 3.8) is 0 Å². The molecule has 23 heavy (non-hydrogen) atoms. The Labute approximate surface area is 148 Å². The van der Waals surface area contributed by atoms with Gasteiger partial charge in [0.2, 0.25) is 5.91 Å². The number of hydrogen-bond acceptors (Lipinski definition) is 4. The van der Waals surface area contributed by atoms with Gasteiger partial charge >= 0.3 is 0 Å². The van der Waals surface area contributed by atoms with E-state index in [1.807, 2.05) is 5.38 Å². The number of benzene rings is 1. The van der Waals surface area contributed by atoms with Crippen LogP contribution in [-0.2, 0) is 4.79 Å².